The summed E-state index contributed by atoms with van der Waals surface area (Å²) in [6.07, 6.45) is 1.57. The van der Waals surface area contributed by atoms with Crippen molar-refractivity contribution in [3.63, 3.8) is 0 Å². The standard InChI is InChI=1S/C13H24N4O3S/c1-5-7-14-10(11(18)20-4)6-8-21-13-16-15-12(19)17(13)9(2)3/h9-10,14H,5-8H2,1-4H3,(H,15,19). The summed E-state index contributed by atoms with van der Waals surface area (Å²) in [6, 6.07) is -0.269. The van der Waals surface area contributed by atoms with Crippen LogP contribution in [0.3, 0.4) is 0 Å². The Balaban J connectivity index is 2.58. The average molecular weight is 316 g/mol. The number of carbonyl (C=O) groups is 1. The molecule has 0 aromatic carbocycles. The highest BCUT2D eigenvalue weighted by atomic mass is 32.2. The number of aromatic nitrogens is 3. The number of ether oxygens (including phenoxy) is 1. The van der Waals surface area contributed by atoms with Crippen LogP contribution in [-0.2, 0) is 9.53 Å². The van der Waals surface area contributed by atoms with Crippen LogP contribution in [0.1, 0.15) is 39.7 Å². The Hall–Kier alpha value is -1.28. The highest BCUT2D eigenvalue weighted by molar-refractivity contribution is 7.99. The zero-order valence-electron chi connectivity index (χ0n) is 13.0. The Labute approximate surface area is 128 Å². The molecule has 1 aromatic rings. The van der Waals surface area contributed by atoms with Gasteiger partial charge in [0, 0.05) is 11.8 Å². The Bertz CT molecular complexity index is 498. The minimum Gasteiger partial charge on any atom is -0.468 e. The third-order valence-corrected chi connectivity index (χ3v) is 3.94. The summed E-state index contributed by atoms with van der Waals surface area (Å²) >= 11 is 1.46. The molecule has 0 saturated carbocycles. The second-order valence-electron chi connectivity index (χ2n) is 4.94. The van der Waals surface area contributed by atoms with Crippen molar-refractivity contribution < 1.29 is 9.53 Å². The topological polar surface area (TPSA) is 89.0 Å². The average Bonchev–Trinajstić information content (AvgIpc) is 2.82. The number of carbonyl (C=O) groups excluding carboxylic acids is 1. The summed E-state index contributed by atoms with van der Waals surface area (Å²) in [7, 11) is 1.39. The predicted octanol–water partition coefficient (Wildman–Crippen LogP) is 1.18. The smallest absolute Gasteiger partial charge is 0.344 e. The first-order valence-corrected chi connectivity index (χ1v) is 8.10. The van der Waals surface area contributed by atoms with Crippen molar-refractivity contribution >= 4 is 17.7 Å². The fraction of sp³-hybridized carbons (Fsp3) is 0.769. The minimum absolute atomic E-state index is 0.0494. The van der Waals surface area contributed by atoms with Gasteiger partial charge >= 0.3 is 11.7 Å². The summed E-state index contributed by atoms with van der Waals surface area (Å²) < 4.78 is 6.40. The number of esters is 1. The third-order valence-electron chi connectivity index (χ3n) is 2.95. The van der Waals surface area contributed by atoms with E-state index in [4.69, 9.17) is 4.74 Å². The molecule has 1 aromatic heterocycles. The molecule has 2 N–H and O–H groups in total. The number of hydrogen-bond donors (Lipinski definition) is 2. The fourth-order valence-electron chi connectivity index (χ4n) is 1.88. The lowest BCUT2D eigenvalue weighted by Crippen LogP contribution is -2.38. The maximum absolute atomic E-state index is 11.7. The molecule has 1 heterocycles. The van der Waals surface area contributed by atoms with Gasteiger partial charge in [0.2, 0.25) is 0 Å². The number of H-pyrrole nitrogens is 1. The molecule has 0 aliphatic heterocycles. The summed E-state index contributed by atoms with van der Waals surface area (Å²) in [5.41, 5.74) is -0.207. The van der Waals surface area contributed by atoms with E-state index < -0.39 is 0 Å². The van der Waals surface area contributed by atoms with Crippen LogP contribution in [0.25, 0.3) is 0 Å². The van der Waals surface area contributed by atoms with Crippen molar-refractivity contribution in [3.8, 4) is 0 Å². The SMILES string of the molecule is CCCNC(CCSc1n[nH]c(=O)n1C(C)C)C(=O)OC. The normalized spacial score (nSPS) is 12.6. The Morgan fingerprint density at radius 1 is 1.52 bits per heavy atom. The zero-order valence-corrected chi connectivity index (χ0v) is 13.8. The van der Waals surface area contributed by atoms with Crippen LogP contribution in [0, 0.1) is 0 Å². The summed E-state index contributed by atoms with van der Waals surface area (Å²) in [6.45, 7) is 6.67. The molecule has 0 aliphatic rings. The molecule has 0 aliphatic carbocycles. The fourth-order valence-corrected chi connectivity index (χ4v) is 2.96. The Morgan fingerprint density at radius 2 is 2.24 bits per heavy atom. The summed E-state index contributed by atoms with van der Waals surface area (Å²) in [5, 5.41) is 10.3. The molecule has 0 saturated heterocycles. The van der Waals surface area contributed by atoms with E-state index in [-0.39, 0.29) is 23.7 Å². The monoisotopic (exact) mass is 316 g/mol. The minimum atomic E-state index is -0.319. The molecule has 21 heavy (non-hydrogen) atoms. The van der Waals surface area contributed by atoms with E-state index >= 15 is 0 Å². The Morgan fingerprint density at radius 3 is 2.81 bits per heavy atom. The van der Waals surface area contributed by atoms with Crippen LogP contribution in [0.5, 0.6) is 0 Å². The molecule has 1 atom stereocenters. The summed E-state index contributed by atoms with van der Waals surface area (Å²) in [4.78, 5) is 23.3. The van der Waals surface area contributed by atoms with Crippen LogP contribution in [0.4, 0.5) is 0 Å². The third kappa shape index (κ3) is 5.20. The van der Waals surface area contributed by atoms with Gasteiger partial charge in [0.25, 0.3) is 0 Å². The van der Waals surface area contributed by atoms with Gasteiger partial charge in [0.15, 0.2) is 5.16 Å². The second kappa shape index (κ2) is 8.89. The van der Waals surface area contributed by atoms with Gasteiger partial charge in [-0.3, -0.25) is 9.36 Å². The molecule has 1 unspecified atom stereocenters. The molecule has 0 spiro atoms. The number of nitrogens with one attached hydrogen (secondary N) is 2. The largest absolute Gasteiger partial charge is 0.468 e. The molecule has 8 heteroatoms. The molecule has 120 valence electrons. The van der Waals surface area contributed by atoms with Crippen LogP contribution in [0.15, 0.2) is 9.95 Å². The lowest BCUT2D eigenvalue weighted by molar-refractivity contribution is -0.143. The molecule has 7 nitrogen and oxygen atoms in total. The van der Waals surface area contributed by atoms with E-state index in [0.29, 0.717) is 17.3 Å². The number of aromatic amines is 1. The highest BCUT2D eigenvalue weighted by Crippen LogP contribution is 2.18. The first kappa shape index (κ1) is 17.8. The van der Waals surface area contributed by atoms with Gasteiger partial charge in [-0.1, -0.05) is 18.7 Å². The maximum Gasteiger partial charge on any atom is 0.344 e. The van der Waals surface area contributed by atoms with E-state index in [1.807, 2.05) is 20.8 Å². The molecular weight excluding hydrogens is 292 g/mol. The lowest BCUT2D eigenvalue weighted by atomic mass is 10.2. The summed E-state index contributed by atoms with van der Waals surface area (Å²) in [5.74, 6) is 0.417. The van der Waals surface area contributed by atoms with E-state index in [2.05, 4.69) is 15.5 Å². The van der Waals surface area contributed by atoms with Crippen molar-refractivity contribution in [1.82, 2.24) is 20.1 Å². The van der Waals surface area contributed by atoms with E-state index in [0.717, 1.165) is 13.0 Å². The predicted molar refractivity (Wildman–Crippen MR) is 82.7 cm³/mol. The molecule has 0 amide bonds. The molecule has 0 radical (unpaired) electrons. The second-order valence-corrected chi connectivity index (χ2v) is 6.00. The number of thioether (sulfide) groups is 1. The number of hydrogen-bond acceptors (Lipinski definition) is 6. The number of methoxy groups -OCH3 is 1. The lowest BCUT2D eigenvalue weighted by Gasteiger charge is -2.15. The highest BCUT2D eigenvalue weighted by Gasteiger charge is 2.19. The van der Waals surface area contributed by atoms with Crippen LogP contribution < -0.4 is 11.0 Å². The van der Waals surface area contributed by atoms with Crippen LogP contribution in [-0.4, -0.2) is 46.2 Å². The maximum atomic E-state index is 11.7. The van der Waals surface area contributed by atoms with E-state index in [1.165, 1.54) is 18.9 Å². The van der Waals surface area contributed by atoms with Crippen molar-refractivity contribution in [3.05, 3.63) is 10.5 Å². The van der Waals surface area contributed by atoms with Crippen LogP contribution in [0.2, 0.25) is 0 Å². The van der Waals surface area contributed by atoms with Crippen LogP contribution >= 0.6 is 11.8 Å². The molecule has 0 bridgehead atoms. The molecule has 1 rings (SSSR count). The van der Waals surface area contributed by atoms with Gasteiger partial charge in [-0.2, -0.15) is 0 Å². The van der Waals surface area contributed by atoms with Crippen molar-refractivity contribution in [2.75, 3.05) is 19.4 Å². The molecule has 0 fully saturated rings. The van der Waals surface area contributed by atoms with Gasteiger partial charge in [0.05, 0.1) is 7.11 Å². The van der Waals surface area contributed by atoms with Crippen molar-refractivity contribution in [2.45, 2.75) is 50.9 Å². The number of rotatable bonds is 9. The van der Waals surface area contributed by atoms with Crippen molar-refractivity contribution in [2.24, 2.45) is 0 Å². The number of nitrogens with zero attached hydrogens (tertiary/aromatic N) is 2. The van der Waals surface area contributed by atoms with Gasteiger partial charge in [0.1, 0.15) is 6.04 Å². The zero-order chi connectivity index (χ0) is 15.8. The molecular formula is C13H24N4O3S. The van der Waals surface area contributed by atoms with Crippen molar-refractivity contribution in [1.29, 1.82) is 0 Å². The van der Waals surface area contributed by atoms with Gasteiger partial charge < -0.3 is 10.1 Å². The van der Waals surface area contributed by atoms with Gasteiger partial charge in [-0.25, -0.2) is 9.89 Å². The Kier molecular flexibility index (Phi) is 7.52. The quantitative estimate of drug-likeness (QED) is 0.525. The first-order chi connectivity index (χ1) is 10.0. The van der Waals surface area contributed by atoms with E-state index in [1.54, 1.807) is 4.57 Å². The van der Waals surface area contributed by atoms with E-state index in [9.17, 15) is 9.59 Å². The van der Waals surface area contributed by atoms with Gasteiger partial charge in [-0.05, 0) is 33.2 Å². The first-order valence-electron chi connectivity index (χ1n) is 7.12. The van der Waals surface area contributed by atoms with Gasteiger partial charge in [-0.15, -0.1) is 5.10 Å².